The number of hydrogen-bond acceptors (Lipinski definition) is 3. The summed E-state index contributed by atoms with van der Waals surface area (Å²) in [6.45, 7) is 4.20. The van der Waals surface area contributed by atoms with Crippen molar-refractivity contribution in [3.05, 3.63) is 30.3 Å². The first-order valence-corrected chi connectivity index (χ1v) is 7.97. The van der Waals surface area contributed by atoms with Gasteiger partial charge in [-0.3, -0.25) is 9.59 Å². The first-order valence-electron chi connectivity index (χ1n) is 7.97. The Morgan fingerprint density at radius 1 is 1.26 bits per heavy atom. The molecule has 1 heterocycles. The number of hydrogen-bond donors (Lipinski definition) is 3. The van der Waals surface area contributed by atoms with E-state index in [2.05, 4.69) is 22.9 Å². The molecule has 23 heavy (non-hydrogen) atoms. The minimum atomic E-state index is -0.202. The van der Waals surface area contributed by atoms with Crippen molar-refractivity contribution in [2.24, 2.45) is 11.8 Å². The smallest absolute Gasteiger partial charge is 0.243 e. The van der Waals surface area contributed by atoms with E-state index in [1.807, 2.05) is 30.3 Å². The van der Waals surface area contributed by atoms with Crippen molar-refractivity contribution >= 4 is 29.9 Å². The van der Waals surface area contributed by atoms with E-state index < -0.39 is 0 Å². The summed E-state index contributed by atoms with van der Waals surface area (Å²) in [7, 11) is 0. The number of benzene rings is 1. The molecular weight excluding hydrogens is 314 g/mol. The number of piperidine rings is 1. The lowest BCUT2D eigenvalue weighted by atomic mass is 9.85. The van der Waals surface area contributed by atoms with E-state index in [1.54, 1.807) is 0 Å². The van der Waals surface area contributed by atoms with Gasteiger partial charge >= 0.3 is 0 Å². The van der Waals surface area contributed by atoms with Crippen LogP contribution in [0.4, 0.5) is 5.69 Å². The number of rotatable bonds is 6. The van der Waals surface area contributed by atoms with Gasteiger partial charge in [-0.15, -0.1) is 12.4 Å². The Kier molecular flexibility index (Phi) is 8.66. The van der Waals surface area contributed by atoms with E-state index in [0.717, 1.165) is 18.8 Å². The largest absolute Gasteiger partial charge is 0.347 e. The number of amides is 2. The van der Waals surface area contributed by atoms with Crippen LogP contribution in [0.15, 0.2) is 30.3 Å². The van der Waals surface area contributed by atoms with Crippen LogP contribution >= 0.6 is 12.4 Å². The van der Waals surface area contributed by atoms with Crippen molar-refractivity contribution < 1.29 is 9.59 Å². The lowest BCUT2D eigenvalue weighted by molar-refractivity contribution is -0.125. The Hall–Kier alpha value is -1.59. The van der Waals surface area contributed by atoms with E-state index in [9.17, 15) is 9.59 Å². The summed E-state index contributed by atoms with van der Waals surface area (Å²) < 4.78 is 0. The van der Waals surface area contributed by atoms with Crippen LogP contribution in [0.2, 0.25) is 0 Å². The molecule has 0 saturated carbocycles. The van der Waals surface area contributed by atoms with Crippen molar-refractivity contribution in [2.45, 2.75) is 26.2 Å². The molecule has 1 saturated heterocycles. The summed E-state index contributed by atoms with van der Waals surface area (Å²) in [5.41, 5.74) is 0.739. The molecule has 0 aromatic heterocycles. The molecule has 2 unspecified atom stereocenters. The normalized spacial score (nSPS) is 18.4. The highest BCUT2D eigenvalue weighted by molar-refractivity contribution is 5.94. The molecule has 0 aliphatic carbocycles. The average Bonchev–Trinajstić information content (AvgIpc) is 2.55. The van der Waals surface area contributed by atoms with Gasteiger partial charge in [0.1, 0.15) is 0 Å². The molecule has 1 fully saturated rings. The molecule has 2 atom stereocenters. The van der Waals surface area contributed by atoms with Crippen LogP contribution < -0.4 is 16.0 Å². The topological polar surface area (TPSA) is 70.2 Å². The lowest BCUT2D eigenvalue weighted by Crippen LogP contribution is -2.37. The summed E-state index contributed by atoms with van der Waals surface area (Å²) >= 11 is 0. The molecule has 5 nitrogen and oxygen atoms in total. The molecule has 1 aliphatic heterocycles. The fourth-order valence-electron chi connectivity index (χ4n) is 2.80. The lowest BCUT2D eigenvalue weighted by Gasteiger charge is -2.27. The van der Waals surface area contributed by atoms with Crippen LogP contribution in [0.25, 0.3) is 0 Å². The highest BCUT2D eigenvalue weighted by Crippen LogP contribution is 2.22. The van der Waals surface area contributed by atoms with Gasteiger partial charge in [0.05, 0.1) is 6.54 Å². The Balaban J connectivity index is 0.00000264. The maximum Gasteiger partial charge on any atom is 0.243 e. The Morgan fingerprint density at radius 3 is 2.65 bits per heavy atom. The van der Waals surface area contributed by atoms with Crippen molar-refractivity contribution in [1.82, 2.24) is 10.6 Å². The molecule has 0 radical (unpaired) electrons. The van der Waals surface area contributed by atoms with E-state index in [1.165, 1.54) is 12.8 Å². The average molecular weight is 340 g/mol. The Bertz CT molecular complexity index is 490. The highest BCUT2D eigenvalue weighted by Gasteiger charge is 2.22. The monoisotopic (exact) mass is 339 g/mol. The van der Waals surface area contributed by atoms with Gasteiger partial charge in [0.15, 0.2) is 0 Å². The highest BCUT2D eigenvalue weighted by atomic mass is 35.5. The number of nitrogens with one attached hydrogen (secondary N) is 3. The predicted molar refractivity (Wildman–Crippen MR) is 94.7 cm³/mol. The molecule has 6 heteroatoms. The quantitative estimate of drug-likeness (QED) is 0.744. The Morgan fingerprint density at radius 2 is 2.00 bits per heavy atom. The maximum absolute atomic E-state index is 11.9. The molecule has 128 valence electrons. The molecule has 1 aromatic carbocycles. The molecule has 2 amide bonds. The number of carbonyl (C=O) groups is 2. The second-order valence-corrected chi connectivity index (χ2v) is 5.98. The van der Waals surface area contributed by atoms with E-state index in [-0.39, 0.29) is 30.8 Å². The van der Waals surface area contributed by atoms with E-state index >= 15 is 0 Å². The molecule has 2 rings (SSSR count). The van der Waals surface area contributed by atoms with Crippen LogP contribution in [0, 0.1) is 11.8 Å². The number of para-hydroxylation sites is 1. The standard InChI is InChI=1S/C17H25N3O2.ClH/c1-13(14-6-5-9-18-11-14)10-16(21)19-12-17(22)20-15-7-3-2-4-8-15;/h2-4,7-8,13-14,18H,5-6,9-12H2,1H3,(H,19,21)(H,20,22);1H. The molecule has 1 aromatic rings. The zero-order valence-corrected chi connectivity index (χ0v) is 14.3. The summed E-state index contributed by atoms with van der Waals surface area (Å²) in [6, 6.07) is 9.23. The second kappa shape index (κ2) is 10.2. The fourth-order valence-corrected chi connectivity index (χ4v) is 2.80. The van der Waals surface area contributed by atoms with Gasteiger partial charge in [0.25, 0.3) is 0 Å². The molecular formula is C17H26ClN3O2. The van der Waals surface area contributed by atoms with Crippen LogP contribution in [-0.2, 0) is 9.59 Å². The minimum Gasteiger partial charge on any atom is -0.347 e. The van der Waals surface area contributed by atoms with Crippen molar-refractivity contribution in [1.29, 1.82) is 0 Å². The van der Waals surface area contributed by atoms with Gasteiger partial charge in [-0.05, 0) is 49.9 Å². The predicted octanol–water partition coefficient (Wildman–Crippen LogP) is 2.19. The second-order valence-electron chi connectivity index (χ2n) is 5.98. The molecule has 0 spiro atoms. The van der Waals surface area contributed by atoms with Gasteiger partial charge in [-0.25, -0.2) is 0 Å². The maximum atomic E-state index is 11.9. The number of carbonyl (C=O) groups excluding carboxylic acids is 2. The fraction of sp³-hybridized carbons (Fsp3) is 0.529. The number of anilines is 1. The third kappa shape index (κ3) is 7.01. The van der Waals surface area contributed by atoms with Crippen LogP contribution in [0.1, 0.15) is 26.2 Å². The summed E-state index contributed by atoms with van der Waals surface area (Å²) in [6.07, 6.45) is 2.83. The van der Waals surface area contributed by atoms with Crippen molar-refractivity contribution in [3.63, 3.8) is 0 Å². The zero-order valence-electron chi connectivity index (χ0n) is 13.5. The number of halogens is 1. The third-order valence-corrected chi connectivity index (χ3v) is 4.15. The Labute approximate surface area is 144 Å². The van der Waals surface area contributed by atoms with Crippen molar-refractivity contribution in [3.8, 4) is 0 Å². The first-order chi connectivity index (χ1) is 10.6. The summed E-state index contributed by atoms with van der Waals surface area (Å²) in [5.74, 6) is 0.635. The van der Waals surface area contributed by atoms with E-state index in [0.29, 0.717) is 18.3 Å². The van der Waals surface area contributed by atoms with Gasteiger partial charge in [-0.1, -0.05) is 25.1 Å². The van der Waals surface area contributed by atoms with Gasteiger partial charge in [0, 0.05) is 12.1 Å². The third-order valence-electron chi connectivity index (χ3n) is 4.15. The van der Waals surface area contributed by atoms with Gasteiger partial charge in [0.2, 0.25) is 11.8 Å². The zero-order chi connectivity index (χ0) is 15.8. The van der Waals surface area contributed by atoms with Crippen LogP contribution in [0.3, 0.4) is 0 Å². The molecule has 1 aliphatic rings. The van der Waals surface area contributed by atoms with Gasteiger partial charge < -0.3 is 16.0 Å². The molecule has 0 bridgehead atoms. The van der Waals surface area contributed by atoms with E-state index in [4.69, 9.17) is 0 Å². The minimum absolute atomic E-state index is 0. The molecule has 3 N–H and O–H groups in total. The SMILES string of the molecule is CC(CC(=O)NCC(=O)Nc1ccccc1)C1CCCNC1.Cl. The first kappa shape index (κ1) is 19.5. The van der Waals surface area contributed by atoms with Crippen LogP contribution in [0.5, 0.6) is 0 Å². The van der Waals surface area contributed by atoms with Crippen LogP contribution in [-0.4, -0.2) is 31.4 Å². The summed E-state index contributed by atoms with van der Waals surface area (Å²) in [5, 5.41) is 8.82. The van der Waals surface area contributed by atoms with Crippen molar-refractivity contribution in [2.75, 3.05) is 25.0 Å². The van der Waals surface area contributed by atoms with Gasteiger partial charge in [-0.2, -0.15) is 0 Å². The summed E-state index contributed by atoms with van der Waals surface area (Å²) in [4.78, 5) is 23.7.